The van der Waals surface area contributed by atoms with Gasteiger partial charge in [0.15, 0.2) is 0 Å². The quantitative estimate of drug-likeness (QED) is 0.753. The van der Waals surface area contributed by atoms with Crippen molar-refractivity contribution in [1.82, 2.24) is 14.5 Å². The van der Waals surface area contributed by atoms with E-state index in [4.69, 9.17) is 16.6 Å². The Morgan fingerprint density at radius 1 is 1.32 bits per heavy atom. The molecule has 19 heavy (non-hydrogen) atoms. The lowest BCUT2D eigenvalue weighted by atomic mass is 10.2. The molecule has 0 amide bonds. The molecule has 5 heteroatoms. The minimum Gasteiger partial charge on any atom is -0.325 e. The maximum Gasteiger partial charge on any atom is 0.141 e. The van der Waals surface area contributed by atoms with Gasteiger partial charge >= 0.3 is 0 Å². The Morgan fingerprint density at radius 3 is 2.84 bits per heavy atom. The van der Waals surface area contributed by atoms with Crippen molar-refractivity contribution in [1.29, 1.82) is 0 Å². The molecule has 1 aromatic carbocycles. The van der Waals surface area contributed by atoms with Crippen LogP contribution in [0.15, 0.2) is 18.2 Å². The Labute approximate surface area is 120 Å². The van der Waals surface area contributed by atoms with Crippen LogP contribution in [0.3, 0.4) is 0 Å². The van der Waals surface area contributed by atoms with Crippen LogP contribution < -0.4 is 5.30 Å². The van der Waals surface area contributed by atoms with E-state index in [1.54, 1.807) is 0 Å². The molecule has 0 spiro atoms. The lowest BCUT2D eigenvalue weighted by molar-refractivity contribution is 0.270. The molecule has 1 aromatic heterocycles. The Kier molecular flexibility index (Phi) is 3.38. The third-order valence-electron chi connectivity index (χ3n) is 3.65. The van der Waals surface area contributed by atoms with Crippen molar-refractivity contribution in [3.63, 3.8) is 0 Å². The smallest absolute Gasteiger partial charge is 0.141 e. The molecular formula is C14H17ClN3P. The third-order valence-corrected chi connectivity index (χ3v) is 4.37. The van der Waals surface area contributed by atoms with Crippen LogP contribution in [-0.4, -0.2) is 28.0 Å². The molecule has 2 aromatic rings. The van der Waals surface area contributed by atoms with Gasteiger partial charge in [-0.3, -0.25) is 4.90 Å². The molecule has 3 rings (SSSR count). The number of aryl methyl sites for hydroxylation is 1. The number of hydrogen-bond donors (Lipinski definition) is 0. The van der Waals surface area contributed by atoms with Crippen molar-refractivity contribution < 1.29 is 0 Å². The number of imidazole rings is 1. The van der Waals surface area contributed by atoms with Gasteiger partial charge in [0.2, 0.25) is 0 Å². The van der Waals surface area contributed by atoms with Gasteiger partial charge in [-0.25, -0.2) is 4.98 Å². The Balaban J connectivity index is 2.14. The summed E-state index contributed by atoms with van der Waals surface area (Å²) in [6, 6.07) is 5.95. The maximum absolute atomic E-state index is 6.02. The van der Waals surface area contributed by atoms with Crippen molar-refractivity contribution in [2.24, 2.45) is 0 Å². The van der Waals surface area contributed by atoms with E-state index in [-0.39, 0.29) is 0 Å². The minimum atomic E-state index is 0.760. The fraction of sp³-hybridized carbons (Fsp3) is 0.357. The first-order chi connectivity index (χ1) is 9.06. The van der Waals surface area contributed by atoms with Gasteiger partial charge in [0.1, 0.15) is 5.82 Å². The van der Waals surface area contributed by atoms with Crippen LogP contribution in [0.4, 0.5) is 0 Å². The molecule has 3 nitrogen and oxygen atoms in total. The number of aromatic nitrogens is 2. The summed E-state index contributed by atoms with van der Waals surface area (Å²) in [5.41, 5.74) is 3.59. The molecule has 1 atom stereocenters. The summed E-state index contributed by atoms with van der Waals surface area (Å²) in [5, 5.41) is 1.86. The average molecular weight is 294 g/mol. The van der Waals surface area contributed by atoms with Gasteiger partial charge in [-0.05, 0) is 37.5 Å². The molecule has 0 saturated carbocycles. The van der Waals surface area contributed by atoms with Crippen LogP contribution in [0, 0.1) is 6.92 Å². The zero-order valence-electron chi connectivity index (χ0n) is 11.2. The first-order valence-electron chi connectivity index (χ1n) is 6.36. The standard InChI is InChI=1S/C14H17ClN3P/c1-9-12-8-17(2)5-6-18(12)14(16-9)11-4-3-10(15)7-13(11)19/h3-4,7H,5-6,8,19H2,1-2H3. The molecule has 0 saturated heterocycles. The van der Waals surface area contributed by atoms with Gasteiger partial charge in [-0.15, -0.1) is 9.24 Å². The number of rotatable bonds is 1. The predicted octanol–water partition coefficient (Wildman–Crippen LogP) is 2.46. The highest BCUT2D eigenvalue weighted by atomic mass is 35.5. The lowest BCUT2D eigenvalue weighted by Crippen LogP contribution is -2.30. The van der Waals surface area contributed by atoms with E-state index >= 15 is 0 Å². The fourth-order valence-corrected chi connectivity index (χ4v) is 3.29. The summed E-state index contributed by atoms with van der Waals surface area (Å²) < 4.78 is 2.34. The van der Waals surface area contributed by atoms with Crippen LogP contribution in [-0.2, 0) is 13.1 Å². The van der Waals surface area contributed by atoms with Gasteiger partial charge in [0.05, 0.1) is 11.4 Å². The summed E-state index contributed by atoms with van der Waals surface area (Å²) in [6.07, 6.45) is 0. The van der Waals surface area contributed by atoms with E-state index in [2.05, 4.69) is 38.7 Å². The highest BCUT2D eigenvalue weighted by Gasteiger charge is 2.21. The van der Waals surface area contributed by atoms with E-state index in [0.29, 0.717) is 0 Å². The second-order valence-electron chi connectivity index (χ2n) is 5.09. The molecule has 1 unspecified atom stereocenters. The van der Waals surface area contributed by atoms with Crippen molar-refractivity contribution in [2.75, 3.05) is 13.6 Å². The number of hydrogen-bond acceptors (Lipinski definition) is 2. The molecule has 0 aliphatic carbocycles. The van der Waals surface area contributed by atoms with E-state index in [1.807, 2.05) is 12.1 Å². The Morgan fingerprint density at radius 2 is 2.11 bits per heavy atom. The second kappa shape index (κ2) is 4.90. The number of likely N-dealkylation sites (N-methyl/N-ethyl adjacent to an activating group) is 1. The van der Waals surface area contributed by atoms with Gasteiger partial charge in [-0.2, -0.15) is 0 Å². The van der Waals surface area contributed by atoms with E-state index in [1.165, 1.54) is 5.69 Å². The Bertz CT molecular complexity index is 636. The summed E-state index contributed by atoms with van der Waals surface area (Å²) in [5.74, 6) is 1.06. The highest BCUT2D eigenvalue weighted by Crippen LogP contribution is 2.26. The molecule has 0 N–H and O–H groups in total. The zero-order chi connectivity index (χ0) is 13.6. The molecule has 0 bridgehead atoms. The molecule has 2 heterocycles. The van der Waals surface area contributed by atoms with Gasteiger partial charge in [-0.1, -0.05) is 11.6 Å². The van der Waals surface area contributed by atoms with Crippen molar-refractivity contribution in [3.8, 4) is 11.4 Å². The van der Waals surface area contributed by atoms with E-state index in [9.17, 15) is 0 Å². The van der Waals surface area contributed by atoms with E-state index in [0.717, 1.165) is 47.0 Å². The second-order valence-corrected chi connectivity index (χ2v) is 6.15. The molecular weight excluding hydrogens is 277 g/mol. The summed E-state index contributed by atoms with van der Waals surface area (Å²) in [4.78, 5) is 7.10. The Hall–Kier alpha value is -0.890. The summed E-state index contributed by atoms with van der Waals surface area (Å²) in [7, 11) is 4.91. The van der Waals surface area contributed by atoms with Crippen molar-refractivity contribution in [3.05, 3.63) is 34.6 Å². The van der Waals surface area contributed by atoms with Gasteiger partial charge < -0.3 is 4.57 Å². The largest absolute Gasteiger partial charge is 0.325 e. The number of nitrogens with zero attached hydrogens (tertiary/aromatic N) is 3. The van der Waals surface area contributed by atoms with Crippen LogP contribution in [0.2, 0.25) is 5.02 Å². The minimum absolute atomic E-state index is 0.760. The monoisotopic (exact) mass is 293 g/mol. The number of benzene rings is 1. The average Bonchev–Trinajstić information content (AvgIpc) is 2.66. The summed E-state index contributed by atoms with van der Waals surface area (Å²) >= 11 is 6.02. The van der Waals surface area contributed by atoms with Gasteiger partial charge in [0, 0.05) is 30.2 Å². The predicted molar refractivity (Wildman–Crippen MR) is 83.1 cm³/mol. The fourth-order valence-electron chi connectivity index (χ4n) is 2.60. The number of halogens is 1. The molecule has 100 valence electrons. The lowest BCUT2D eigenvalue weighted by Gasteiger charge is -2.25. The van der Waals surface area contributed by atoms with Crippen molar-refractivity contribution >= 4 is 26.1 Å². The van der Waals surface area contributed by atoms with Crippen LogP contribution in [0.1, 0.15) is 11.4 Å². The molecule has 0 radical (unpaired) electrons. The third kappa shape index (κ3) is 2.31. The van der Waals surface area contributed by atoms with Crippen LogP contribution >= 0.6 is 20.8 Å². The molecule has 1 aliphatic rings. The van der Waals surface area contributed by atoms with Crippen LogP contribution in [0.25, 0.3) is 11.4 Å². The normalized spacial score (nSPS) is 15.6. The maximum atomic E-state index is 6.02. The highest BCUT2D eigenvalue weighted by molar-refractivity contribution is 7.28. The number of fused-ring (bicyclic) bond motifs is 1. The molecule has 0 fully saturated rings. The van der Waals surface area contributed by atoms with Crippen LogP contribution in [0.5, 0.6) is 0 Å². The first-order valence-corrected chi connectivity index (χ1v) is 7.31. The molecule has 1 aliphatic heterocycles. The zero-order valence-corrected chi connectivity index (χ0v) is 13.1. The van der Waals surface area contributed by atoms with E-state index < -0.39 is 0 Å². The van der Waals surface area contributed by atoms with Crippen molar-refractivity contribution in [2.45, 2.75) is 20.0 Å². The van der Waals surface area contributed by atoms with Gasteiger partial charge in [0.25, 0.3) is 0 Å². The first kappa shape index (κ1) is 13.1. The SMILES string of the molecule is Cc1nc(-c2ccc(Cl)cc2P)n2c1CN(C)CC2. The topological polar surface area (TPSA) is 21.1 Å². The summed E-state index contributed by atoms with van der Waals surface area (Å²) in [6.45, 7) is 5.12.